The van der Waals surface area contributed by atoms with Crippen LogP contribution in [0.25, 0.3) is 0 Å². The fraction of sp³-hybridized carbons (Fsp3) is 0.105. The minimum atomic E-state index is -1.46. The van der Waals surface area contributed by atoms with Gasteiger partial charge in [-0.1, -0.05) is 59.1 Å². The molecule has 0 fully saturated rings. The lowest BCUT2D eigenvalue weighted by Crippen LogP contribution is -2.34. The van der Waals surface area contributed by atoms with E-state index in [4.69, 9.17) is 34.8 Å². The summed E-state index contributed by atoms with van der Waals surface area (Å²) in [6.45, 7) is 0. The summed E-state index contributed by atoms with van der Waals surface area (Å²) in [5, 5.41) is 24.7. The Kier molecular flexibility index (Phi) is 5.65. The highest BCUT2D eigenvalue weighted by Crippen LogP contribution is 2.40. The van der Waals surface area contributed by atoms with Gasteiger partial charge in [-0.05, 0) is 24.3 Å². The van der Waals surface area contributed by atoms with Gasteiger partial charge < -0.3 is 10.4 Å². The summed E-state index contributed by atoms with van der Waals surface area (Å²) in [6, 6.07) is 12.3. The Bertz CT molecular complexity index is 1040. The van der Waals surface area contributed by atoms with Gasteiger partial charge in [-0.3, -0.25) is 14.9 Å². The molecule has 0 amide bonds. The van der Waals surface area contributed by atoms with Crippen molar-refractivity contribution in [2.75, 3.05) is 5.32 Å². The van der Waals surface area contributed by atoms with Crippen LogP contribution in [0.15, 0.2) is 71.0 Å². The maximum atomic E-state index is 12.8. The first-order chi connectivity index (χ1) is 13.2. The number of alkyl halides is 1. The Balaban J connectivity index is 1.93. The lowest BCUT2D eigenvalue weighted by molar-refractivity contribution is -0.384. The van der Waals surface area contributed by atoms with Crippen molar-refractivity contribution < 1.29 is 14.8 Å². The molecule has 9 heteroatoms. The molecule has 28 heavy (non-hydrogen) atoms. The number of allylic oxidation sites excluding steroid dienone is 1. The third-order valence-electron chi connectivity index (χ3n) is 4.09. The van der Waals surface area contributed by atoms with Gasteiger partial charge in [0.2, 0.25) is 0 Å². The average molecular weight is 440 g/mol. The number of carbonyl (C=O) groups is 1. The van der Waals surface area contributed by atoms with Gasteiger partial charge >= 0.3 is 0 Å². The van der Waals surface area contributed by atoms with Crippen molar-refractivity contribution in [3.05, 3.63) is 91.7 Å². The van der Waals surface area contributed by atoms with E-state index >= 15 is 0 Å². The van der Waals surface area contributed by atoms with Gasteiger partial charge in [0.25, 0.3) is 5.69 Å². The molecule has 0 bridgehead atoms. The molecule has 3 rings (SSSR count). The number of anilines is 1. The summed E-state index contributed by atoms with van der Waals surface area (Å²) in [5.41, 5.74) is 0.0340. The predicted octanol–water partition coefficient (Wildman–Crippen LogP) is 5.82. The number of nitrogens with one attached hydrogen (secondary N) is 1. The lowest BCUT2D eigenvalue weighted by atomic mass is 9.93. The monoisotopic (exact) mass is 438 g/mol. The number of halogens is 3. The molecule has 2 N–H and O–H groups in total. The van der Waals surface area contributed by atoms with Gasteiger partial charge in [-0.15, -0.1) is 0 Å². The van der Waals surface area contributed by atoms with Gasteiger partial charge in [-0.25, -0.2) is 0 Å². The van der Waals surface area contributed by atoms with E-state index in [2.05, 4.69) is 5.32 Å². The summed E-state index contributed by atoms with van der Waals surface area (Å²) < 4.78 is 0. The third-order valence-corrected chi connectivity index (χ3v) is 5.08. The molecule has 0 spiro atoms. The molecule has 1 atom stereocenters. The number of nitrogens with zero attached hydrogens (tertiary/aromatic N) is 1. The molecule has 0 saturated carbocycles. The van der Waals surface area contributed by atoms with Crippen molar-refractivity contribution in [3.63, 3.8) is 0 Å². The van der Waals surface area contributed by atoms with Crippen LogP contribution in [0.2, 0.25) is 5.02 Å². The van der Waals surface area contributed by atoms with Gasteiger partial charge in [0.1, 0.15) is 16.4 Å². The normalized spacial score (nSPS) is 19.2. The number of aliphatic hydroxyl groups is 1. The lowest BCUT2D eigenvalue weighted by Gasteiger charge is -2.30. The highest BCUT2D eigenvalue weighted by molar-refractivity contribution is 6.38. The Morgan fingerprint density at radius 1 is 1.14 bits per heavy atom. The minimum absolute atomic E-state index is 0.00556. The van der Waals surface area contributed by atoms with Crippen LogP contribution in [0, 0.1) is 10.1 Å². The molecule has 0 saturated heterocycles. The summed E-state index contributed by atoms with van der Waals surface area (Å²) in [5.74, 6) is -0.990. The zero-order valence-corrected chi connectivity index (χ0v) is 16.4. The molecule has 1 aliphatic carbocycles. The molecule has 1 aliphatic rings. The van der Waals surface area contributed by atoms with Crippen molar-refractivity contribution in [2.45, 2.75) is 11.4 Å². The van der Waals surface area contributed by atoms with Gasteiger partial charge in [0, 0.05) is 23.1 Å². The highest BCUT2D eigenvalue weighted by Gasteiger charge is 2.37. The number of aliphatic hydroxyl groups excluding tert-OH is 1. The highest BCUT2D eigenvalue weighted by atomic mass is 35.5. The topological polar surface area (TPSA) is 92.5 Å². The van der Waals surface area contributed by atoms with Crippen molar-refractivity contribution in [1.82, 2.24) is 0 Å². The number of benzene rings is 2. The van der Waals surface area contributed by atoms with Gasteiger partial charge in [0.15, 0.2) is 5.78 Å². The number of para-hydroxylation sites is 2. The van der Waals surface area contributed by atoms with Crippen molar-refractivity contribution >= 4 is 52.0 Å². The van der Waals surface area contributed by atoms with E-state index in [9.17, 15) is 20.0 Å². The van der Waals surface area contributed by atoms with E-state index in [-0.39, 0.29) is 39.0 Å². The number of Topliss-reactive ketones (excluding diaryl/α,β-unsaturated/α-hetero) is 1. The first kappa shape index (κ1) is 20.2. The summed E-state index contributed by atoms with van der Waals surface area (Å²) in [6.07, 6.45) is 1.11. The molecular weight excluding hydrogens is 427 g/mol. The van der Waals surface area contributed by atoms with E-state index < -0.39 is 21.5 Å². The van der Waals surface area contributed by atoms with E-state index in [1.165, 1.54) is 30.3 Å². The third kappa shape index (κ3) is 3.99. The fourth-order valence-corrected chi connectivity index (χ4v) is 3.88. The first-order valence-electron chi connectivity index (χ1n) is 8.02. The van der Waals surface area contributed by atoms with E-state index in [0.29, 0.717) is 0 Å². The van der Waals surface area contributed by atoms with Crippen LogP contribution in [0.1, 0.15) is 16.8 Å². The zero-order valence-electron chi connectivity index (χ0n) is 14.2. The van der Waals surface area contributed by atoms with Crippen molar-refractivity contribution in [2.24, 2.45) is 0 Å². The number of hydrogen-bond acceptors (Lipinski definition) is 5. The smallest absolute Gasteiger partial charge is 0.292 e. The van der Waals surface area contributed by atoms with Gasteiger partial charge in [-0.2, -0.15) is 0 Å². The number of ketones is 1. The van der Waals surface area contributed by atoms with Crippen LogP contribution in [0.3, 0.4) is 0 Å². The van der Waals surface area contributed by atoms with Crippen LogP contribution in [-0.4, -0.2) is 20.8 Å². The Morgan fingerprint density at radius 2 is 1.79 bits per heavy atom. The molecule has 2 aromatic rings. The Morgan fingerprint density at radius 3 is 2.43 bits per heavy atom. The maximum absolute atomic E-state index is 12.8. The second-order valence-corrected chi connectivity index (χ2v) is 7.59. The molecule has 144 valence electrons. The summed E-state index contributed by atoms with van der Waals surface area (Å²) in [7, 11) is 0. The second kappa shape index (κ2) is 7.83. The molecule has 0 aromatic heterocycles. The molecule has 6 nitrogen and oxygen atoms in total. The Labute approximate surface area is 175 Å². The minimum Gasteiger partial charge on any atom is -0.507 e. The van der Waals surface area contributed by atoms with Crippen molar-refractivity contribution in [3.8, 4) is 0 Å². The maximum Gasteiger partial charge on any atom is 0.292 e. The van der Waals surface area contributed by atoms with Crippen LogP contribution in [0.4, 0.5) is 11.4 Å². The largest absolute Gasteiger partial charge is 0.507 e. The standard InChI is InChI=1S/C19H13Cl3N2O4/c20-12-6-2-1-5-11(12)18(26)17-13(21)9-19(22,10-16(17)25)23-14-7-3-4-8-15(14)24(27)28/h1-8,10,23,25H,9H2. The Hall–Kier alpha value is -2.54. The molecule has 0 radical (unpaired) electrons. The number of carbonyl (C=O) groups excluding carboxylic acids is 1. The summed E-state index contributed by atoms with van der Waals surface area (Å²) in [4.78, 5) is 21.9. The molecule has 1 unspecified atom stereocenters. The van der Waals surface area contributed by atoms with Gasteiger partial charge in [0.05, 0.1) is 15.5 Å². The summed E-state index contributed by atoms with van der Waals surface area (Å²) >= 11 is 18.8. The molecular formula is C19H13Cl3N2O4. The zero-order chi connectivity index (χ0) is 20.5. The van der Waals surface area contributed by atoms with Crippen LogP contribution < -0.4 is 5.32 Å². The van der Waals surface area contributed by atoms with Crippen molar-refractivity contribution in [1.29, 1.82) is 0 Å². The van der Waals surface area contributed by atoms with E-state index in [1.807, 2.05) is 0 Å². The predicted molar refractivity (Wildman–Crippen MR) is 109 cm³/mol. The average Bonchev–Trinajstić information content (AvgIpc) is 2.61. The number of nitro benzene ring substituents is 1. The quantitative estimate of drug-likeness (QED) is 0.201. The fourth-order valence-electron chi connectivity index (χ4n) is 2.86. The van der Waals surface area contributed by atoms with Crippen LogP contribution in [-0.2, 0) is 0 Å². The molecule has 0 heterocycles. The number of rotatable bonds is 5. The number of hydrogen-bond donors (Lipinski definition) is 2. The second-order valence-electron chi connectivity index (χ2n) is 6.06. The molecule has 2 aromatic carbocycles. The van der Waals surface area contributed by atoms with Crippen LogP contribution in [0.5, 0.6) is 0 Å². The van der Waals surface area contributed by atoms with Crippen LogP contribution >= 0.6 is 34.8 Å². The molecule has 0 aliphatic heterocycles. The van der Waals surface area contributed by atoms with E-state index in [1.54, 1.807) is 24.3 Å². The first-order valence-corrected chi connectivity index (χ1v) is 9.16. The number of nitro groups is 1. The SMILES string of the molecule is O=C(C1=C(Cl)CC(Cl)(Nc2ccccc2[N+](=O)[O-])C=C1O)c1ccccc1Cl. The van der Waals surface area contributed by atoms with E-state index in [0.717, 1.165) is 0 Å².